The number of ether oxygens (including phenoxy) is 1. The van der Waals surface area contributed by atoms with E-state index in [1.54, 1.807) is 0 Å². The summed E-state index contributed by atoms with van der Waals surface area (Å²) in [5.74, 6) is 0. The van der Waals surface area contributed by atoms with Gasteiger partial charge >= 0.3 is 0 Å². The fourth-order valence-corrected chi connectivity index (χ4v) is 3.29. The predicted molar refractivity (Wildman–Crippen MR) is 78.6 cm³/mol. The third-order valence-corrected chi connectivity index (χ3v) is 4.81. The third kappa shape index (κ3) is 3.89. The quantitative estimate of drug-likeness (QED) is 0.849. The molecule has 1 atom stereocenters. The lowest BCUT2D eigenvalue weighted by Crippen LogP contribution is -2.54. The number of rotatable bonds is 6. The van der Waals surface area contributed by atoms with Gasteiger partial charge in [0.05, 0.1) is 19.3 Å². The Balaban J connectivity index is 1.91. The molecule has 6 heteroatoms. The summed E-state index contributed by atoms with van der Waals surface area (Å²) >= 11 is 0. The van der Waals surface area contributed by atoms with Crippen LogP contribution in [0.2, 0.25) is 0 Å². The molecule has 0 bridgehead atoms. The lowest BCUT2D eigenvalue weighted by atomic mass is 10.2. The largest absolute Gasteiger partial charge is 0.375 e. The van der Waals surface area contributed by atoms with Gasteiger partial charge in [0.2, 0.25) is 10.0 Å². The Hall–Kier alpha value is -1.21. The zero-order valence-electron chi connectivity index (χ0n) is 11.4. The monoisotopic (exact) mass is 296 g/mol. The number of hydrogen-bond acceptors (Lipinski definition) is 4. The molecule has 0 aromatic heterocycles. The van der Waals surface area contributed by atoms with E-state index in [0.29, 0.717) is 32.8 Å². The lowest BCUT2D eigenvalue weighted by molar-refractivity contribution is 0.0700. The highest BCUT2D eigenvalue weighted by atomic mass is 32.2. The molecule has 1 aromatic rings. The number of sulfonamides is 1. The summed E-state index contributed by atoms with van der Waals surface area (Å²) in [7, 11) is -3.39. The second-order valence-corrected chi connectivity index (χ2v) is 6.51. The van der Waals surface area contributed by atoms with Crippen molar-refractivity contribution >= 4 is 10.0 Å². The van der Waals surface area contributed by atoms with Crippen LogP contribution < -0.4 is 5.32 Å². The maximum atomic E-state index is 11.9. The minimum Gasteiger partial charge on any atom is -0.375 e. The molecule has 1 unspecified atom stereocenters. The van der Waals surface area contributed by atoms with E-state index in [9.17, 15) is 8.42 Å². The van der Waals surface area contributed by atoms with E-state index in [0.717, 1.165) is 11.0 Å². The Morgan fingerprint density at radius 3 is 2.85 bits per heavy atom. The minimum absolute atomic E-state index is 0.185. The van der Waals surface area contributed by atoms with E-state index in [4.69, 9.17) is 4.74 Å². The minimum atomic E-state index is -3.39. The Morgan fingerprint density at radius 2 is 2.15 bits per heavy atom. The Labute approximate surface area is 120 Å². The first-order valence-corrected chi connectivity index (χ1v) is 8.10. The summed E-state index contributed by atoms with van der Waals surface area (Å²) in [6, 6.07) is 9.64. The molecule has 0 amide bonds. The van der Waals surface area contributed by atoms with E-state index < -0.39 is 10.0 Å². The average Bonchev–Trinajstić information content (AvgIpc) is 2.49. The van der Waals surface area contributed by atoms with Crippen molar-refractivity contribution in [1.29, 1.82) is 0 Å². The van der Waals surface area contributed by atoms with E-state index in [2.05, 4.69) is 11.9 Å². The molecule has 1 fully saturated rings. The molecule has 0 aliphatic carbocycles. The van der Waals surface area contributed by atoms with Crippen LogP contribution in [0.5, 0.6) is 0 Å². The van der Waals surface area contributed by atoms with Crippen LogP contribution >= 0.6 is 0 Å². The molecule has 1 N–H and O–H groups in total. The highest BCUT2D eigenvalue weighted by Crippen LogP contribution is 2.12. The van der Waals surface area contributed by atoms with Crippen LogP contribution in [0.3, 0.4) is 0 Å². The van der Waals surface area contributed by atoms with Crippen molar-refractivity contribution in [2.24, 2.45) is 0 Å². The van der Waals surface area contributed by atoms with Crippen molar-refractivity contribution in [2.45, 2.75) is 12.6 Å². The summed E-state index contributed by atoms with van der Waals surface area (Å²) in [4.78, 5) is 0. The summed E-state index contributed by atoms with van der Waals surface area (Å²) in [6.07, 6.45) is 0. The fraction of sp³-hybridized carbons (Fsp3) is 0.429. The van der Waals surface area contributed by atoms with Crippen molar-refractivity contribution in [2.75, 3.05) is 26.2 Å². The second-order valence-electron chi connectivity index (χ2n) is 4.68. The van der Waals surface area contributed by atoms with Gasteiger partial charge in [-0.25, -0.2) is 8.42 Å². The van der Waals surface area contributed by atoms with Crippen LogP contribution in [0.25, 0.3) is 0 Å². The molecule has 1 aliphatic rings. The first-order valence-electron chi connectivity index (χ1n) is 6.60. The van der Waals surface area contributed by atoms with Gasteiger partial charge < -0.3 is 10.1 Å². The first kappa shape index (κ1) is 15.2. The predicted octanol–water partition coefficient (Wildman–Crippen LogP) is 0.950. The maximum Gasteiger partial charge on any atom is 0.236 e. The number of hydrogen-bond donors (Lipinski definition) is 1. The van der Waals surface area contributed by atoms with Gasteiger partial charge in [0.25, 0.3) is 0 Å². The van der Waals surface area contributed by atoms with Crippen molar-refractivity contribution in [3.05, 3.63) is 47.9 Å². The molecule has 0 spiro atoms. The molecule has 1 aromatic carbocycles. The van der Waals surface area contributed by atoms with Crippen molar-refractivity contribution in [1.82, 2.24) is 9.62 Å². The highest BCUT2D eigenvalue weighted by Gasteiger charge is 2.30. The molecule has 2 rings (SSSR count). The van der Waals surface area contributed by atoms with Crippen LogP contribution in [0.1, 0.15) is 5.56 Å². The molecule has 1 saturated heterocycles. The van der Waals surface area contributed by atoms with Crippen molar-refractivity contribution in [3.8, 4) is 0 Å². The first-order chi connectivity index (χ1) is 9.63. The smallest absolute Gasteiger partial charge is 0.236 e. The zero-order valence-corrected chi connectivity index (χ0v) is 12.2. The summed E-state index contributed by atoms with van der Waals surface area (Å²) < 4.78 is 31.0. The van der Waals surface area contributed by atoms with E-state index in [1.807, 2.05) is 30.3 Å². The number of nitrogens with zero attached hydrogens (tertiary/aromatic N) is 1. The molecule has 110 valence electrons. The van der Waals surface area contributed by atoms with Gasteiger partial charge in [-0.3, -0.25) is 0 Å². The second kappa shape index (κ2) is 6.99. The number of nitrogens with one attached hydrogen (secondary N) is 1. The molecular weight excluding hydrogens is 276 g/mol. The van der Waals surface area contributed by atoms with Gasteiger partial charge in [-0.1, -0.05) is 36.9 Å². The third-order valence-electron chi connectivity index (χ3n) is 3.26. The fourth-order valence-electron chi connectivity index (χ4n) is 2.20. The molecule has 1 aliphatic heterocycles. The summed E-state index contributed by atoms with van der Waals surface area (Å²) in [5, 5.41) is 4.19. The topological polar surface area (TPSA) is 58.6 Å². The van der Waals surface area contributed by atoms with Crippen LogP contribution in [0, 0.1) is 0 Å². The molecule has 0 saturated carbocycles. The molecule has 1 heterocycles. The standard InChI is InChI=1S/C14H20N2O3S/c1-2-20(17,18)16-9-8-15-10-14(16)12-19-11-13-6-4-3-5-7-13/h2-7,14-15H,1,8-12H2. The Morgan fingerprint density at radius 1 is 1.40 bits per heavy atom. The Kier molecular flexibility index (Phi) is 5.31. The average molecular weight is 296 g/mol. The molecule has 20 heavy (non-hydrogen) atoms. The van der Waals surface area contributed by atoms with Crippen LogP contribution in [-0.2, 0) is 21.4 Å². The van der Waals surface area contributed by atoms with Crippen molar-refractivity contribution < 1.29 is 13.2 Å². The van der Waals surface area contributed by atoms with Gasteiger partial charge in [0.15, 0.2) is 0 Å². The van der Waals surface area contributed by atoms with Crippen molar-refractivity contribution in [3.63, 3.8) is 0 Å². The van der Waals surface area contributed by atoms with Gasteiger partial charge in [-0.2, -0.15) is 4.31 Å². The van der Waals surface area contributed by atoms with Gasteiger partial charge in [-0.15, -0.1) is 0 Å². The van der Waals surface area contributed by atoms with Crippen LogP contribution in [0.4, 0.5) is 0 Å². The molecule has 0 radical (unpaired) electrons. The SMILES string of the molecule is C=CS(=O)(=O)N1CCNCC1COCc1ccccc1. The van der Waals surface area contributed by atoms with Crippen LogP contribution in [-0.4, -0.2) is 45.0 Å². The highest BCUT2D eigenvalue weighted by molar-refractivity contribution is 7.92. The van der Waals surface area contributed by atoms with E-state index >= 15 is 0 Å². The van der Waals surface area contributed by atoms with E-state index in [1.165, 1.54) is 4.31 Å². The number of benzene rings is 1. The maximum absolute atomic E-state index is 11.9. The lowest BCUT2D eigenvalue weighted by Gasteiger charge is -2.34. The number of piperazine rings is 1. The molecular formula is C14H20N2O3S. The van der Waals surface area contributed by atoms with Gasteiger partial charge in [-0.05, 0) is 5.56 Å². The summed E-state index contributed by atoms with van der Waals surface area (Å²) in [5.41, 5.74) is 1.08. The zero-order chi connectivity index (χ0) is 14.4. The normalized spacial score (nSPS) is 20.7. The van der Waals surface area contributed by atoms with Gasteiger partial charge in [0, 0.05) is 25.0 Å². The van der Waals surface area contributed by atoms with Crippen LogP contribution in [0.15, 0.2) is 42.3 Å². The Bertz CT molecular complexity index is 531. The molecule has 5 nitrogen and oxygen atoms in total. The van der Waals surface area contributed by atoms with E-state index in [-0.39, 0.29) is 6.04 Å². The summed E-state index contributed by atoms with van der Waals surface area (Å²) in [6.45, 7) is 5.94. The van der Waals surface area contributed by atoms with Gasteiger partial charge in [0.1, 0.15) is 0 Å².